The summed E-state index contributed by atoms with van der Waals surface area (Å²) >= 11 is 0. The number of likely N-dealkylation sites (tertiary alicyclic amines) is 1. The Bertz CT molecular complexity index is 794. The maximum atomic E-state index is 15.1. The van der Waals surface area contributed by atoms with E-state index < -0.39 is 22.7 Å². The average molecular weight is 392 g/mol. The Balaban J connectivity index is 1.96. The molecule has 0 radical (unpaired) electrons. The van der Waals surface area contributed by atoms with Crippen LogP contribution in [0.5, 0.6) is 0 Å². The molecule has 0 spiro atoms. The normalized spacial score (nSPS) is 18.8. The number of piperidine rings is 1. The van der Waals surface area contributed by atoms with E-state index in [1.165, 1.54) is 17.2 Å². The molecule has 1 aliphatic carbocycles. The number of nitrogens with zero attached hydrogens (tertiary/aromatic N) is 1. The molecule has 1 saturated carbocycles. The first-order valence-corrected chi connectivity index (χ1v) is 10.2. The van der Waals surface area contributed by atoms with Crippen molar-refractivity contribution in [2.45, 2.75) is 77.7 Å². The van der Waals surface area contributed by atoms with E-state index in [1.54, 1.807) is 4.90 Å². The van der Waals surface area contributed by atoms with E-state index in [4.69, 9.17) is 4.74 Å². The molecular formula is C23H31F2NO2. The lowest BCUT2D eigenvalue weighted by Crippen LogP contribution is -2.48. The van der Waals surface area contributed by atoms with Gasteiger partial charge in [0.2, 0.25) is 0 Å². The number of aryl methyl sites for hydroxylation is 1. The van der Waals surface area contributed by atoms with Crippen LogP contribution in [0.2, 0.25) is 0 Å². The standard InChI is InChI=1S/C23H31F2NO2/c1-6-16-13-18(24)14-19(25)20(16)23(15(2)17-7-8-17)9-11-26(12-10-23)21(27)28-22(3,4)5/h13-14H,6-12H2,1-5H3. The molecule has 2 fully saturated rings. The van der Waals surface area contributed by atoms with Gasteiger partial charge < -0.3 is 9.64 Å². The minimum Gasteiger partial charge on any atom is -0.444 e. The molecule has 3 rings (SSSR count). The van der Waals surface area contributed by atoms with Crippen LogP contribution >= 0.6 is 0 Å². The molecule has 1 aliphatic heterocycles. The lowest BCUT2D eigenvalue weighted by Gasteiger charge is -2.44. The van der Waals surface area contributed by atoms with E-state index in [0.717, 1.165) is 24.5 Å². The minimum atomic E-state index is -0.546. The zero-order chi connectivity index (χ0) is 20.7. The van der Waals surface area contributed by atoms with Crippen LogP contribution in [0.25, 0.3) is 0 Å². The monoisotopic (exact) mass is 391 g/mol. The molecule has 1 amide bonds. The fourth-order valence-corrected chi connectivity index (χ4v) is 4.43. The first kappa shape index (κ1) is 20.8. The quantitative estimate of drug-likeness (QED) is 0.600. The van der Waals surface area contributed by atoms with Crippen molar-refractivity contribution < 1.29 is 18.3 Å². The number of carbonyl (C=O) groups excluding carboxylic acids is 1. The molecular weight excluding hydrogens is 360 g/mol. The van der Waals surface area contributed by atoms with E-state index in [0.29, 0.717) is 37.9 Å². The van der Waals surface area contributed by atoms with Gasteiger partial charge in [0.25, 0.3) is 0 Å². The van der Waals surface area contributed by atoms with Gasteiger partial charge in [0.05, 0.1) is 0 Å². The molecule has 0 aromatic heterocycles. The van der Waals surface area contributed by atoms with E-state index >= 15 is 4.39 Å². The highest BCUT2D eigenvalue weighted by Gasteiger charge is 2.44. The maximum absolute atomic E-state index is 15.1. The number of hydrogen-bond donors (Lipinski definition) is 0. The summed E-state index contributed by atoms with van der Waals surface area (Å²) in [5.74, 6) is -1.00. The van der Waals surface area contributed by atoms with Crippen molar-refractivity contribution in [2.75, 3.05) is 13.1 Å². The summed E-state index contributed by atoms with van der Waals surface area (Å²) in [7, 11) is 0. The van der Waals surface area contributed by atoms with Crippen LogP contribution in [-0.2, 0) is 16.6 Å². The summed E-state index contributed by atoms with van der Waals surface area (Å²) < 4.78 is 34.5. The number of ether oxygens (including phenoxy) is 1. The van der Waals surface area contributed by atoms with E-state index in [1.807, 2.05) is 27.7 Å². The lowest BCUT2D eigenvalue weighted by atomic mass is 9.66. The van der Waals surface area contributed by atoms with Gasteiger partial charge in [-0.25, -0.2) is 13.6 Å². The van der Waals surface area contributed by atoms with Crippen LogP contribution in [0.1, 0.15) is 71.4 Å². The third-order valence-corrected chi connectivity index (χ3v) is 6.01. The van der Waals surface area contributed by atoms with Crippen LogP contribution < -0.4 is 0 Å². The summed E-state index contributed by atoms with van der Waals surface area (Å²) in [5.41, 5.74) is 2.90. The van der Waals surface area contributed by atoms with Crippen molar-refractivity contribution in [3.8, 4) is 0 Å². The largest absolute Gasteiger partial charge is 0.444 e. The molecule has 154 valence electrons. The Morgan fingerprint density at radius 3 is 2.29 bits per heavy atom. The van der Waals surface area contributed by atoms with Crippen molar-refractivity contribution in [3.05, 3.63) is 46.0 Å². The predicted molar refractivity (Wildman–Crippen MR) is 106 cm³/mol. The molecule has 5 heteroatoms. The Kier molecular flexibility index (Phi) is 5.57. The highest BCUT2D eigenvalue weighted by molar-refractivity contribution is 5.68. The Morgan fingerprint density at radius 1 is 1.18 bits per heavy atom. The molecule has 0 atom stereocenters. The lowest BCUT2D eigenvalue weighted by molar-refractivity contribution is 0.0177. The van der Waals surface area contributed by atoms with Gasteiger partial charge in [0.1, 0.15) is 17.2 Å². The zero-order valence-electron chi connectivity index (χ0n) is 17.6. The molecule has 1 aromatic rings. The number of halogens is 2. The van der Waals surface area contributed by atoms with Crippen molar-refractivity contribution in [3.63, 3.8) is 0 Å². The number of allylic oxidation sites excluding steroid dienone is 2. The molecule has 1 heterocycles. The van der Waals surface area contributed by atoms with Gasteiger partial charge in [-0.15, -0.1) is 0 Å². The van der Waals surface area contributed by atoms with Gasteiger partial charge in [-0.05, 0) is 71.4 Å². The summed E-state index contributed by atoms with van der Waals surface area (Å²) in [5, 5.41) is 0. The Hall–Kier alpha value is -1.91. The zero-order valence-corrected chi connectivity index (χ0v) is 17.6. The first-order chi connectivity index (χ1) is 13.1. The Labute approximate surface area is 166 Å². The highest BCUT2D eigenvalue weighted by Crippen LogP contribution is 2.49. The van der Waals surface area contributed by atoms with Gasteiger partial charge in [-0.2, -0.15) is 0 Å². The average Bonchev–Trinajstić information content (AvgIpc) is 3.44. The van der Waals surface area contributed by atoms with Crippen molar-refractivity contribution in [1.82, 2.24) is 4.90 Å². The second kappa shape index (κ2) is 7.49. The van der Waals surface area contributed by atoms with Crippen LogP contribution in [-0.4, -0.2) is 29.7 Å². The summed E-state index contributed by atoms with van der Waals surface area (Å²) in [6.07, 6.45) is 3.59. The van der Waals surface area contributed by atoms with Crippen molar-refractivity contribution >= 4 is 6.09 Å². The smallest absolute Gasteiger partial charge is 0.410 e. The van der Waals surface area contributed by atoms with Gasteiger partial charge in [-0.1, -0.05) is 18.1 Å². The molecule has 28 heavy (non-hydrogen) atoms. The molecule has 2 aliphatic rings. The Morgan fingerprint density at radius 2 is 1.79 bits per heavy atom. The maximum Gasteiger partial charge on any atom is 0.410 e. The molecule has 0 N–H and O–H groups in total. The molecule has 0 unspecified atom stereocenters. The first-order valence-electron chi connectivity index (χ1n) is 10.2. The second-order valence-electron chi connectivity index (χ2n) is 9.05. The van der Waals surface area contributed by atoms with Crippen molar-refractivity contribution in [2.24, 2.45) is 0 Å². The number of amides is 1. The molecule has 1 aromatic carbocycles. The second-order valence-corrected chi connectivity index (χ2v) is 9.05. The van der Waals surface area contributed by atoms with Crippen LogP contribution in [0, 0.1) is 11.6 Å². The fourth-order valence-electron chi connectivity index (χ4n) is 4.43. The number of carbonyl (C=O) groups is 1. The van der Waals surface area contributed by atoms with Gasteiger partial charge in [0.15, 0.2) is 0 Å². The van der Waals surface area contributed by atoms with Crippen molar-refractivity contribution in [1.29, 1.82) is 0 Å². The van der Waals surface area contributed by atoms with Crippen LogP contribution in [0.3, 0.4) is 0 Å². The fraction of sp³-hybridized carbons (Fsp3) is 0.609. The highest BCUT2D eigenvalue weighted by atomic mass is 19.1. The number of rotatable bonds is 3. The van der Waals surface area contributed by atoms with Gasteiger partial charge in [0, 0.05) is 30.1 Å². The number of benzene rings is 1. The van der Waals surface area contributed by atoms with E-state index in [-0.39, 0.29) is 6.09 Å². The predicted octanol–water partition coefficient (Wildman–Crippen LogP) is 5.91. The van der Waals surface area contributed by atoms with Gasteiger partial charge in [-0.3, -0.25) is 0 Å². The van der Waals surface area contributed by atoms with Crippen LogP contribution in [0.15, 0.2) is 23.3 Å². The minimum absolute atomic E-state index is 0.326. The SMILES string of the molecule is CCc1cc(F)cc(F)c1C1(C(C)=C2CC2)CCN(C(=O)OC(C)(C)C)CC1. The molecule has 0 bridgehead atoms. The summed E-state index contributed by atoms with van der Waals surface area (Å²) in [6, 6.07) is 2.46. The third kappa shape index (κ3) is 4.08. The number of hydrogen-bond acceptors (Lipinski definition) is 2. The summed E-state index contributed by atoms with van der Waals surface area (Å²) in [6.45, 7) is 10.6. The van der Waals surface area contributed by atoms with E-state index in [9.17, 15) is 9.18 Å². The molecule has 3 nitrogen and oxygen atoms in total. The topological polar surface area (TPSA) is 29.5 Å². The van der Waals surface area contributed by atoms with Gasteiger partial charge >= 0.3 is 6.09 Å². The molecule has 1 saturated heterocycles. The van der Waals surface area contributed by atoms with E-state index in [2.05, 4.69) is 6.92 Å². The van der Waals surface area contributed by atoms with Crippen LogP contribution in [0.4, 0.5) is 13.6 Å². The summed E-state index contributed by atoms with van der Waals surface area (Å²) in [4.78, 5) is 14.2. The third-order valence-electron chi connectivity index (χ3n) is 6.01.